The molecule has 27 heavy (non-hydrogen) atoms. The maximum atomic E-state index is 11.2. The van der Waals surface area contributed by atoms with Gasteiger partial charge in [0.1, 0.15) is 5.75 Å². The Kier molecular flexibility index (Phi) is 7.53. The predicted molar refractivity (Wildman–Crippen MR) is 109 cm³/mol. The second-order valence-corrected chi connectivity index (χ2v) is 7.37. The van der Waals surface area contributed by atoms with Crippen LogP contribution in [-0.2, 0) is 4.74 Å². The summed E-state index contributed by atoms with van der Waals surface area (Å²) in [6.07, 6.45) is 0.372. The Bertz CT molecular complexity index is 684. The van der Waals surface area contributed by atoms with Crippen molar-refractivity contribution in [1.29, 1.82) is 0 Å². The lowest BCUT2D eigenvalue weighted by Gasteiger charge is -2.33. The number of nitrogens with zero attached hydrogens (tertiary/aromatic N) is 1. The Morgan fingerprint density at radius 1 is 1.04 bits per heavy atom. The highest BCUT2D eigenvalue weighted by molar-refractivity contribution is 6.30. The van der Waals surface area contributed by atoms with Gasteiger partial charge in [-0.3, -0.25) is 4.90 Å². The number of morpholine rings is 1. The Hall–Kier alpha value is -1.59. The van der Waals surface area contributed by atoms with E-state index in [9.17, 15) is 5.11 Å². The summed E-state index contributed by atoms with van der Waals surface area (Å²) in [4.78, 5) is 2.35. The summed E-state index contributed by atoms with van der Waals surface area (Å²) in [5.74, 6) is 0.798. The second kappa shape index (κ2) is 10.1. The van der Waals surface area contributed by atoms with E-state index in [0.29, 0.717) is 11.6 Å². The second-order valence-electron chi connectivity index (χ2n) is 6.93. The van der Waals surface area contributed by atoms with Gasteiger partial charge in [0.05, 0.1) is 25.9 Å². The fraction of sp³-hybridized carbons (Fsp3) is 0.455. The fourth-order valence-electron chi connectivity index (χ4n) is 3.37. The molecule has 0 saturated carbocycles. The van der Waals surface area contributed by atoms with Crippen LogP contribution in [0.5, 0.6) is 5.75 Å². The number of ether oxygens (including phenoxy) is 2. The zero-order valence-corrected chi connectivity index (χ0v) is 16.6. The van der Waals surface area contributed by atoms with Crippen LogP contribution >= 0.6 is 11.6 Å². The fourth-order valence-corrected chi connectivity index (χ4v) is 3.50. The molecule has 1 fully saturated rings. The lowest BCUT2D eigenvalue weighted by molar-refractivity contribution is 0.0240. The highest BCUT2D eigenvalue weighted by Crippen LogP contribution is 2.33. The van der Waals surface area contributed by atoms with Crippen molar-refractivity contribution in [2.75, 3.05) is 39.5 Å². The molecule has 146 valence electrons. The third-order valence-corrected chi connectivity index (χ3v) is 5.18. The molecule has 2 atom stereocenters. The molecule has 1 aliphatic heterocycles. The molecular weight excluding hydrogens is 362 g/mol. The third kappa shape index (κ3) is 5.69. The number of hydrogen-bond acceptors (Lipinski definition) is 4. The molecule has 4 nitrogen and oxygen atoms in total. The Labute approximate surface area is 166 Å². The van der Waals surface area contributed by atoms with Gasteiger partial charge in [0, 0.05) is 30.6 Å². The smallest absolute Gasteiger partial charge is 0.119 e. The molecule has 2 aromatic rings. The summed E-state index contributed by atoms with van der Waals surface area (Å²) in [5.41, 5.74) is 1.98. The molecule has 0 amide bonds. The molecule has 0 aliphatic carbocycles. The minimum absolute atomic E-state index is 0.0391. The van der Waals surface area contributed by atoms with Gasteiger partial charge in [-0.1, -0.05) is 42.8 Å². The lowest BCUT2D eigenvalue weighted by Crippen LogP contribution is -2.39. The SMILES string of the molecule is CCCOc1ccc(C(O)C(CN2CCOCC2)c2ccc(Cl)cc2)cc1. The molecule has 1 aliphatic rings. The van der Waals surface area contributed by atoms with Gasteiger partial charge in [0.2, 0.25) is 0 Å². The van der Waals surface area contributed by atoms with Gasteiger partial charge in [-0.05, 0) is 41.8 Å². The number of rotatable bonds is 8. The first kappa shape index (κ1) is 20.2. The zero-order valence-electron chi connectivity index (χ0n) is 15.8. The van der Waals surface area contributed by atoms with E-state index < -0.39 is 6.10 Å². The average Bonchev–Trinajstić information content (AvgIpc) is 2.72. The first-order valence-corrected chi connectivity index (χ1v) is 10.0. The van der Waals surface area contributed by atoms with Crippen molar-refractivity contribution in [3.05, 3.63) is 64.7 Å². The quantitative estimate of drug-likeness (QED) is 0.731. The van der Waals surface area contributed by atoms with Gasteiger partial charge in [-0.15, -0.1) is 0 Å². The Morgan fingerprint density at radius 2 is 1.67 bits per heavy atom. The molecule has 1 saturated heterocycles. The van der Waals surface area contributed by atoms with E-state index in [4.69, 9.17) is 21.1 Å². The van der Waals surface area contributed by atoms with Crippen molar-refractivity contribution in [3.63, 3.8) is 0 Å². The van der Waals surface area contributed by atoms with Crippen LogP contribution in [-0.4, -0.2) is 49.5 Å². The lowest BCUT2D eigenvalue weighted by atomic mass is 9.88. The van der Waals surface area contributed by atoms with Gasteiger partial charge in [-0.2, -0.15) is 0 Å². The summed E-state index contributed by atoms with van der Waals surface area (Å²) < 4.78 is 11.1. The summed E-state index contributed by atoms with van der Waals surface area (Å²) in [5, 5.41) is 11.9. The van der Waals surface area contributed by atoms with Crippen LogP contribution in [0.1, 0.15) is 36.5 Å². The highest BCUT2D eigenvalue weighted by atomic mass is 35.5. The topological polar surface area (TPSA) is 41.9 Å². The van der Waals surface area contributed by atoms with Gasteiger partial charge in [-0.25, -0.2) is 0 Å². The molecule has 5 heteroatoms. The summed E-state index contributed by atoms with van der Waals surface area (Å²) >= 11 is 6.06. The van der Waals surface area contributed by atoms with Crippen molar-refractivity contribution in [2.24, 2.45) is 0 Å². The number of aliphatic hydroxyl groups excluding tert-OH is 1. The van der Waals surface area contributed by atoms with Crippen LogP contribution in [0.2, 0.25) is 5.02 Å². The number of hydrogen-bond donors (Lipinski definition) is 1. The minimum atomic E-state index is -0.603. The number of benzene rings is 2. The third-order valence-electron chi connectivity index (χ3n) is 4.93. The molecule has 0 bridgehead atoms. The van der Waals surface area contributed by atoms with Crippen LogP contribution in [0.4, 0.5) is 0 Å². The van der Waals surface area contributed by atoms with Gasteiger partial charge < -0.3 is 14.6 Å². The van der Waals surface area contributed by atoms with E-state index in [-0.39, 0.29) is 5.92 Å². The predicted octanol–water partition coefficient (Wildman–Crippen LogP) is 4.28. The highest BCUT2D eigenvalue weighted by Gasteiger charge is 2.26. The van der Waals surface area contributed by atoms with Crippen LogP contribution in [0, 0.1) is 0 Å². The Balaban J connectivity index is 1.78. The van der Waals surface area contributed by atoms with E-state index in [0.717, 1.165) is 56.1 Å². The molecule has 1 heterocycles. The zero-order chi connectivity index (χ0) is 19.1. The van der Waals surface area contributed by atoms with Crippen molar-refractivity contribution in [2.45, 2.75) is 25.4 Å². The molecule has 0 radical (unpaired) electrons. The Morgan fingerprint density at radius 3 is 2.30 bits per heavy atom. The normalized spacial score (nSPS) is 17.4. The minimum Gasteiger partial charge on any atom is -0.494 e. The van der Waals surface area contributed by atoms with Gasteiger partial charge in [0.15, 0.2) is 0 Å². The van der Waals surface area contributed by atoms with Gasteiger partial charge in [0.25, 0.3) is 0 Å². The number of aliphatic hydroxyl groups is 1. The standard InChI is InChI=1S/C22H28ClNO3/c1-2-13-27-20-9-5-18(6-10-20)22(25)21(16-24-11-14-26-15-12-24)17-3-7-19(23)8-4-17/h3-10,21-22,25H,2,11-16H2,1H3. The van der Waals surface area contributed by atoms with Crippen molar-refractivity contribution in [3.8, 4) is 5.75 Å². The van der Waals surface area contributed by atoms with E-state index in [1.54, 1.807) is 0 Å². The maximum absolute atomic E-state index is 11.2. The van der Waals surface area contributed by atoms with Gasteiger partial charge >= 0.3 is 0 Å². The van der Waals surface area contributed by atoms with Crippen LogP contribution < -0.4 is 4.74 Å². The average molecular weight is 390 g/mol. The monoisotopic (exact) mass is 389 g/mol. The van der Waals surface area contributed by atoms with E-state index in [1.807, 2.05) is 48.5 Å². The first-order chi connectivity index (χ1) is 13.2. The largest absolute Gasteiger partial charge is 0.494 e. The first-order valence-electron chi connectivity index (χ1n) is 9.63. The van der Waals surface area contributed by atoms with Crippen LogP contribution in [0.3, 0.4) is 0 Å². The van der Waals surface area contributed by atoms with E-state index in [2.05, 4.69) is 11.8 Å². The summed E-state index contributed by atoms with van der Waals surface area (Å²) in [7, 11) is 0. The van der Waals surface area contributed by atoms with Crippen molar-refractivity contribution < 1.29 is 14.6 Å². The molecule has 0 aromatic heterocycles. The van der Waals surface area contributed by atoms with Crippen molar-refractivity contribution >= 4 is 11.6 Å². The summed E-state index contributed by atoms with van der Waals surface area (Å²) in [6.45, 7) is 6.83. The molecule has 3 rings (SSSR count). The maximum Gasteiger partial charge on any atom is 0.119 e. The van der Waals surface area contributed by atoms with Crippen LogP contribution in [0.25, 0.3) is 0 Å². The van der Waals surface area contributed by atoms with Crippen molar-refractivity contribution in [1.82, 2.24) is 4.90 Å². The number of halogens is 1. The molecule has 2 unspecified atom stereocenters. The molecular formula is C22H28ClNO3. The molecule has 0 spiro atoms. The van der Waals surface area contributed by atoms with E-state index in [1.165, 1.54) is 0 Å². The molecule has 2 aromatic carbocycles. The molecule has 1 N–H and O–H groups in total. The summed E-state index contributed by atoms with van der Waals surface area (Å²) in [6, 6.07) is 15.6. The van der Waals surface area contributed by atoms with Crippen LogP contribution in [0.15, 0.2) is 48.5 Å². The van der Waals surface area contributed by atoms with E-state index >= 15 is 0 Å².